The number of carbonyl (C=O) groups is 2. The Bertz CT molecular complexity index is 442. The molecule has 0 saturated heterocycles. The van der Waals surface area contributed by atoms with E-state index < -0.39 is 17.4 Å². The van der Waals surface area contributed by atoms with Crippen molar-refractivity contribution < 1.29 is 14.7 Å². The smallest absolute Gasteiger partial charge is 0.329 e. The minimum atomic E-state index is -1.24. The molecule has 5 nitrogen and oxygen atoms in total. The number of carbonyl (C=O) groups excluding carboxylic acids is 1. The lowest BCUT2D eigenvalue weighted by Gasteiger charge is -2.25. The summed E-state index contributed by atoms with van der Waals surface area (Å²) in [6.07, 6.45) is 2.50. The molecule has 0 fully saturated rings. The van der Waals surface area contributed by atoms with Crippen molar-refractivity contribution in [3.05, 3.63) is 29.6 Å². The summed E-state index contributed by atoms with van der Waals surface area (Å²) in [5, 5.41) is 11.7. The maximum absolute atomic E-state index is 11.9. The lowest BCUT2D eigenvalue weighted by Crippen LogP contribution is -2.52. The van der Waals surface area contributed by atoms with Gasteiger partial charge >= 0.3 is 5.97 Å². The van der Waals surface area contributed by atoms with Gasteiger partial charge in [-0.05, 0) is 32.4 Å². The monoisotopic (exact) mass is 250 g/mol. The average molecular weight is 250 g/mol. The second-order valence-electron chi connectivity index (χ2n) is 4.53. The lowest BCUT2D eigenvalue weighted by atomic mass is 9.96. The van der Waals surface area contributed by atoms with Crippen LogP contribution in [0.2, 0.25) is 0 Å². The molecule has 18 heavy (non-hydrogen) atoms. The molecule has 2 N–H and O–H groups in total. The van der Waals surface area contributed by atoms with Gasteiger partial charge in [0.25, 0.3) is 5.91 Å². The van der Waals surface area contributed by atoms with Crippen molar-refractivity contribution >= 4 is 11.9 Å². The van der Waals surface area contributed by atoms with E-state index >= 15 is 0 Å². The van der Waals surface area contributed by atoms with Gasteiger partial charge in [0.2, 0.25) is 0 Å². The van der Waals surface area contributed by atoms with Gasteiger partial charge in [-0.25, -0.2) is 4.79 Å². The van der Waals surface area contributed by atoms with Crippen LogP contribution in [0, 0.1) is 6.92 Å². The Morgan fingerprint density at radius 1 is 1.44 bits per heavy atom. The highest BCUT2D eigenvalue weighted by atomic mass is 16.4. The van der Waals surface area contributed by atoms with Crippen molar-refractivity contribution in [3.63, 3.8) is 0 Å². The van der Waals surface area contributed by atoms with E-state index in [0.717, 1.165) is 5.69 Å². The first-order chi connectivity index (χ1) is 8.39. The van der Waals surface area contributed by atoms with Gasteiger partial charge in [0.15, 0.2) is 0 Å². The van der Waals surface area contributed by atoms with Gasteiger partial charge in [0, 0.05) is 11.9 Å². The number of carboxylic acids is 1. The summed E-state index contributed by atoms with van der Waals surface area (Å²) in [7, 11) is 0. The molecule has 0 spiro atoms. The molecule has 1 aromatic heterocycles. The second-order valence-corrected chi connectivity index (χ2v) is 4.53. The molecular weight excluding hydrogens is 232 g/mol. The summed E-state index contributed by atoms with van der Waals surface area (Å²) in [5.41, 5.74) is -0.0678. The zero-order valence-corrected chi connectivity index (χ0v) is 10.9. The molecule has 0 aliphatic heterocycles. The average Bonchev–Trinajstić information content (AvgIpc) is 2.29. The molecule has 0 aromatic carbocycles. The zero-order chi connectivity index (χ0) is 13.8. The fourth-order valence-corrected chi connectivity index (χ4v) is 1.65. The molecule has 0 radical (unpaired) electrons. The van der Waals surface area contributed by atoms with Gasteiger partial charge in [-0.1, -0.05) is 13.3 Å². The molecule has 1 atom stereocenters. The largest absolute Gasteiger partial charge is 0.480 e. The molecule has 1 rings (SSSR count). The highest BCUT2D eigenvalue weighted by Gasteiger charge is 2.34. The summed E-state index contributed by atoms with van der Waals surface area (Å²) in [6.45, 7) is 5.21. The van der Waals surface area contributed by atoms with E-state index in [9.17, 15) is 14.7 Å². The third kappa shape index (κ3) is 3.29. The van der Waals surface area contributed by atoms with E-state index in [-0.39, 0.29) is 0 Å². The summed E-state index contributed by atoms with van der Waals surface area (Å²) in [6, 6.07) is 3.35. The van der Waals surface area contributed by atoms with Crippen LogP contribution in [0.5, 0.6) is 0 Å². The van der Waals surface area contributed by atoms with Crippen molar-refractivity contribution in [2.45, 2.75) is 39.2 Å². The molecule has 1 aromatic rings. The van der Waals surface area contributed by atoms with E-state index in [1.54, 1.807) is 12.1 Å². The predicted molar refractivity (Wildman–Crippen MR) is 67.4 cm³/mol. The summed E-state index contributed by atoms with van der Waals surface area (Å²) in [5.74, 6) is -1.45. The van der Waals surface area contributed by atoms with Gasteiger partial charge in [-0.3, -0.25) is 9.78 Å². The minimum Gasteiger partial charge on any atom is -0.480 e. The zero-order valence-electron chi connectivity index (χ0n) is 10.9. The Hall–Kier alpha value is -1.91. The van der Waals surface area contributed by atoms with Crippen molar-refractivity contribution in [1.29, 1.82) is 0 Å². The van der Waals surface area contributed by atoms with Gasteiger partial charge in [0.1, 0.15) is 5.54 Å². The molecule has 1 heterocycles. The number of amides is 1. The van der Waals surface area contributed by atoms with Gasteiger partial charge in [-0.2, -0.15) is 0 Å². The molecule has 5 heteroatoms. The van der Waals surface area contributed by atoms with E-state index in [0.29, 0.717) is 18.4 Å². The van der Waals surface area contributed by atoms with Crippen LogP contribution in [0.15, 0.2) is 18.3 Å². The molecule has 0 aliphatic carbocycles. The third-order valence-corrected chi connectivity index (χ3v) is 2.78. The topological polar surface area (TPSA) is 79.3 Å². The Morgan fingerprint density at radius 3 is 2.56 bits per heavy atom. The fourth-order valence-electron chi connectivity index (χ4n) is 1.65. The number of hydrogen-bond donors (Lipinski definition) is 2. The van der Waals surface area contributed by atoms with Gasteiger partial charge in [0.05, 0.1) is 5.56 Å². The van der Waals surface area contributed by atoms with Crippen molar-refractivity contribution in [2.75, 3.05) is 0 Å². The Morgan fingerprint density at radius 2 is 2.11 bits per heavy atom. The molecule has 0 aliphatic rings. The highest BCUT2D eigenvalue weighted by Crippen LogP contribution is 2.14. The number of rotatable bonds is 5. The molecule has 0 bridgehead atoms. The van der Waals surface area contributed by atoms with Crippen molar-refractivity contribution in [3.8, 4) is 0 Å². The first kappa shape index (κ1) is 14.2. The molecule has 98 valence electrons. The number of aryl methyl sites for hydroxylation is 1. The summed E-state index contributed by atoms with van der Waals surface area (Å²) < 4.78 is 0. The third-order valence-electron chi connectivity index (χ3n) is 2.78. The number of aliphatic carboxylic acids is 1. The maximum atomic E-state index is 11.9. The van der Waals surface area contributed by atoms with E-state index in [2.05, 4.69) is 10.3 Å². The Balaban J connectivity index is 2.85. The molecular formula is C13H18N2O3. The van der Waals surface area contributed by atoms with Crippen molar-refractivity contribution in [2.24, 2.45) is 0 Å². The van der Waals surface area contributed by atoms with E-state index in [1.807, 2.05) is 13.8 Å². The van der Waals surface area contributed by atoms with Crippen LogP contribution in [0.3, 0.4) is 0 Å². The fraction of sp³-hybridized carbons (Fsp3) is 0.462. The predicted octanol–water partition coefficient (Wildman–Crippen LogP) is 1.76. The summed E-state index contributed by atoms with van der Waals surface area (Å²) >= 11 is 0. The van der Waals surface area contributed by atoms with Crippen LogP contribution in [0.4, 0.5) is 0 Å². The number of pyridine rings is 1. The number of carboxylic acid groups (broad SMARTS) is 1. The van der Waals surface area contributed by atoms with Crippen LogP contribution in [-0.2, 0) is 4.79 Å². The van der Waals surface area contributed by atoms with Gasteiger partial charge < -0.3 is 10.4 Å². The van der Waals surface area contributed by atoms with Gasteiger partial charge in [-0.15, -0.1) is 0 Å². The van der Waals surface area contributed by atoms with Crippen molar-refractivity contribution in [1.82, 2.24) is 10.3 Å². The normalized spacial score (nSPS) is 13.7. The molecule has 1 amide bonds. The number of aromatic nitrogens is 1. The molecule has 1 unspecified atom stereocenters. The number of nitrogens with one attached hydrogen (secondary N) is 1. The Kier molecular flexibility index (Phi) is 4.42. The number of hydrogen-bond acceptors (Lipinski definition) is 3. The van der Waals surface area contributed by atoms with E-state index in [4.69, 9.17) is 0 Å². The van der Waals surface area contributed by atoms with E-state index in [1.165, 1.54) is 13.1 Å². The SMILES string of the molecule is CCCC(C)(NC(=O)c1ccc(C)nc1)C(=O)O. The number of nitrogens with zero attached hydrogens (tertiary/aromatic N) is 1. The Labute approximate surface area is 106 Å². The van der Waals surface area contributed by atoms with Crippen LogP contribution in [-0.4, -0.2) is 27.5 Å². The van der Waals surface area contributed by atoms with Crippen LogP contribution >= 0.6 is 0 Å². The highest BCUT2D eigenvalue weighted by molar-refractivity contribution is 5.97. The maximum Gasteiger partial charge on any atom is 0.329 e. The minimum absolute atomic E-state index is 0.365. The van der Waals surface area contributed by atoms with Crippen LogP contribution < -0.4 is 5.32 Å². The molecule has 0 saturated carbocycles. The summed E-state index contributed by atoms with van der Waals surface area (Å²) in [4.78, 5) is 27.2. The standard InChI is InChI=1S/C13H18N2O3/c1-4-7-13(3,12(17)18)15-11(16)10-6-5-9(2)14-8-10/h5-6,8H,4,7H2,1-3H3,(H,15,16)(H,17,18). The van der Waals surface area contributed by atoms with Crippen LogP contribution in [0.1, 0.15) is 42.7 Å². The first-order valence-corrected chi connectivity index (χ1v) is 5.87. The quantitative estimate of drug-likeness (QED) is 0.834. The first-order valence-electron chi connectivity index (χ1n) is 5.87. The van der Waals surface area contributed by atoms with Crippen LogP contribution in [0.25, 0.3) is 0 Å². The lowest BCUT2D eigenvalue weighted by molar-refractivity contribution is -0.144. The second kappa shape index (κ2) is 5.62.